The van der Waals surface area contributed by atoms with Crippen LogP contribution in [-0.2, 0) is 4.74 Å². The summed E-state index contributed by atoms with van der Waals surface area (Å²) in [6.07, 6.45) is -5.10. The van der Waals surface area contributed by atoms with E-state index in [1.807, 2.05) is 20.8 Å². The van der Waals surface area contributed by atoms with Gasteiger partial charge in [-0.3, -0.25) is 0 Å². The molecule has 5 nitrogen and oxygen atoms in total. The Bertz CT molecular complexity index is 210. The fraction of sp³-hybridized carbons (Fsp3) is 1.00. The largest absolute Gasteiger partial charge is 0.394 e. The average molecular weight is 220 g/mol. The van der Waals surface area contributed by atoms with Crippen LogP contribution >= 0.6 is 0 Å². The maximum atomic E-state index is 9.74. The van der Waals surface area contributed by atoms with Crippen LogP contribution in [0, 0.1) is 5.41 Å². The molecular formula is C10H20O5. The van der Waals surface area contributed by atoms with Crippen LogP contribution in [0.5, 0.6) is 0 Å². The van der Waals surface area contributed by atoms with Crippen LogP contribution in [0.3, 0.4) is 0 Å². The highest BCUT2D eigenvalue weighted by Crippen LogP contribution is 2.32. The molecule has 0 bridgehead atoms. The number of hydrogen-bond donors (Lipinski definition) is 4. The first-order valence-electron chi connectivity index (χ1n) is 5.09. The van der Waals surface area contributed by atoms with Crippen molar-refractivity contribution >= 4 is 0 Å². The van der Waals surface area contributed by atoms with Gasteiger partial charge in [0.1, 0.15) is 24.4 Å². The lowest BCUT2D eigenvalue weighted by atomic mass is 9.80. The van der Waals surface area contributed by atoms with E-state index < -0.39 is 30.5 Å². The molecule has 0 aromatic carbocycles. The normalized spacial score (nSPS) is 43.0. The van der Waals surface area contributed by atoms with Crippen molar-refractivity contribution in [1.82, 2.24) is 0 Å². The minimum Gasteiger partial charge on any atom is -0.394 e. The van der Waals surface area contributed by atoms with Crippen LogP contribution in [0.15, 0.2) is 0 Å². The Hall–Kier alpha value is -0.200. The van der Waals surface area contributed by atoms with Crippen LogP contribution in [0.2, 0.25) is 0 Å². The van der Waals surface area contributed by atoms with E-state index in [-0.39, 0.29) is 12.0 Å². The molecule has 1 aliphatic rings. The summed E-state index contributed by atoms with van der Waals surface area (Å²) in [4.78, 5) is 0. The van der Waals surface area contributed by atoms with Crippen LogP contribution in [-0.4, -0.2) is 57.6 Å². The summed E-state index contributed by atoms with van der Waals surface area (Å²) in [6, 6.07) is 0. The molecule has 1 fully saturated rings. The third-order valence-corrected chi connectivity index (χ3v) is 2.75. The highest BCUT2D eigenvalue weighted by molar-refractivity contribution is 4.96. The van der Waals surface area contributed by atoms with Crippen molar-refractivity contribution < 1.29 is 25.2 Å². The summed E-state index contributed by atoms with van der Waals surface area (Å²) >= 11 is 0. The molecule has 5 heteroatoms. The van der Waals surface area contributed by atoms with Crippen molar-refractivity contribution in [2.45, 2.75) is 51.3 Å². The standard InChI is InChI=1S/C10H20O5/c1-10(2,3)9-8(14)7(13)6(12)5(4-11)15-9/h5-9,11-14H,4H2,1-3H3/t5?,6-,7?,8?,9-/m0/s1. The first-order valence-corrected chi connectivity index (χ1v) is 5.09. The van der Waals surface area contributed by atoms with E-state index in [9.17, 15) is 15.3 Å². The van der Waals surface area contributed by atoms with E-state index in [0.29, 0.717) is 0 Å². The number of aliphatic hydroxyl groups excluding tert-OH is 4. The third kappa shape index (κ3) is 2.49. The Morgan fingerprint density at radius 3 is 1.93 bits per heavy atom. The predicted octanol–water partition coefficient (Wildman–Crippen LogP) is -1.13. The fourth-order valence-electron chi connectivity index (χ4n) is 1.82. The molecule has 0 aromatic heterocycles. The molecule has 1 saturated heterocycles. The first-order chi connectivity index (χ1) is 6.79. The maximum Gasteiger partial charge on any atom is 0.111 e. The molecule has 4 N–H and O–H groups in total. The topological polar surface area (TPSA) is 90.2 Å². The predicted molar refractivity (Wildman–Crippen MR) is 53.2 cm³/mol. The lowest BCUT2D eigenvalue weighted by molar-refractivity contribution is -0.250. The van der Waals surface area contributed by atoms with E-state index >= 15 is 0 Å². The zero-order chi connectivity index (χ0) is 11.8. The highest BCUT2D eigenvalue weighted by Gasteiger charge is 2.47. The van der Waals surface area contributed by atoms with E-state index in [4.69, 9.17) is 9.84 Å². The van der Waals surface area contributed by atoms with Gasteiger partial charge in [0.25, 0.3) is 0 Å². The summed E-state index contributed by atoms with van der Waals surface area (Å²) in [5, 5.41) is 37.8. The van der Waals surface area contributed by atoms with E-state index in [0.717, 1.165) is 0 Å². The van der Waals surface area contributed by atoms with Gasteiger partial charge in [-0.1, -0.05) is 20.8 Å². The monoisotopic (exact) mass is 220 g/mol. The molecule has 0 amide bonds. The highest BCUT2D eigenvalue weighted by atomic mass is 16.5. The molecule has 1 aliphatic heterocycles. The lowest BCUT2D eigenvalue weighted by Crippen LogP contribution is -2.61. The van der Waals surface area contributed by atoms with Gasteiger partial charge in [-0.05, 0) is 5.41 Å². The van der Waals surface area contributed by atoms with Crippen molar-refractivity contribution in [2.75, 3.05) is 6.61 Å². The Labute approximate surface area is 89.3 Å². The Morgan fingerprint density at radius 1 is 1.00 bits per heavy atom. The van der Waals surface area contributed by atoms with Gasteiger partial charge in [0.15, 0.2) is 0 Å². The molecule has 0 radical (unpaired) electrons. The summed E-state index contributed by atoms with van der Waals surface area (Å²) in [7, 11) is 0. The van der Waals surface area contributed by atoms with Gasteiger partial charge in [-0.25, -0.2) is 0 Å². The molecule has 0 saturated carbocycles. The second-order valence-electron chi connectivity index (χ2n) is 5.12. The van der Waals surface area contributed by atoms with Crippen molar-refractivity contribution in [3.63, 3.8) is 0 Å². The van der Waals surface area contributed by atoms with E-state index in [1.165, 1.54) is 0 Å². The number of rotatable bonds is 1. The van der Waals surface area contributed by atoms with Gasteiger partial charge in [0.05, 0.1) is 12.7 Å². The Balaban J connectivity index is 2.83. The maximum absolute atomic E-state index is 9.74. The molecule has 5 atom stereocenters. The molecule has 1 rings (SSSR count). The van der Waals surface area contributed by atoms with Gasteiger partial charge >= 0.3 is 0 Å². The smallest absolute Gasteiger partial charge is 0.111 e. The Morgan fingerprint density at radius 2 is 1.53 bits per heavy atom. The van der Waals surface area contributed by atoms with Gasteiger partial charge in [-0.15, -0.1) is 0 Å². The molecule has 0 aliphatic carbocycles. The second-order valence-corrected chi connectivity index (χ2v) is 5.12. The molecular weight excluding hydrogens is 200 g/mol. The van der Waals surface area contributed by atoms with Gasteiger partial charge < -0.3 is 25.2 Å². The van der Waals surface area contributed by atoms with Gasteiger partial charge in [0.2, 0.25) is 0 Å². The van der Waals surface area contributed by atoms with Crippen LogP contribution in [0.25, 0.3) is 0 Å². The quantitative estimate of drug-likeness (QED) is 0.449. The number of aliphatic hydroxyl groups is 4. The van der Waals surface area contributed by atoms with Crippen LogP contribution < -0.4 is 0 Å². The molecule has 3 unspecified atom stereocenters. The second kappa shape index (κ2) is 4.35. The van der Waals surface area contributed by atoms with Crippen molar-refractivity contribution in [3.8, 4) is 0 Å². The number of hydrogen-bond acceptors (Lipinski definition) is 5. The molecule has 15 heavy (non-hydrogen) atoms. The summed E-state index contributed by atoms with van der Waals surface area (Å²) in [5.41, 5.74) is -0.367. The minimum absolute atomic E-state index is 0.367. The van der Waals surface area contributed by atoms with Gasteiger partial charge in [0, 0.05) is 0 Å². The van der Waals surface area contributed by atoms with Crippen LogP contribution in [0.1, 0.15) is 20.8 Å². The zero-order valence-electron chi connectivity index (χ0n) is 9.29. The van der Waals surface area contributed by atoms with E-state index in [2.05, 4.69) is 0 Å². The van der Waals surface area contributed by atoms with Crippen molar-refractivity contribution in [2.24, 2.45) is 5.41 Å². The molecule has 0 aromatic rings. The first kappa shape index (κ1) is 12.9. The average Bonchev–Trinajstić information content (AvgIpc) is 2.13. The van der Waals surface area contributed by atoms with Crippen molar-refractivity contribution in [1.29, 1.82) is 0 Å². The van der Waals surface area contributed by atoms with Crippen molar-refractivity contribution in [3.05, 3.63) is 0 Å². The van der Waals surface area contributed by atoms with Crippen LogP contribution in [0.4, 0.5) is 0 Å². The number of ether oxygens (including phenoxy) is 1. The third-order valence-electron chi connectivity index (χ3n) is 2.75. The van der Waals surface area contributed by atoms with Gasteiger partial charge in [-0.2, -0.15) is 0 Å². The lowest BCUT2D eigenvalue weighted by Gasteiger charge is -2.45. The Kier molecular flexibility index (Phi) is 3.73. The fourth-order valence-corrected chi connectivity index (χ4v) is 1.82. The SMILES string of the molecule is CC(C)(C)[C@H]1OC(CO)[C@H](O)C(O)C1O. The molecule has 1 heterocycles. The minimum atomic E-state index is -1.28. The summed E-state index contributed by atoms with van der Waals surface area (Å²) < 4.78 is 5.38. The molecule has 90 valence electrons. The molecule has 0 spiro atoms. The summed E-state index contributed by atoms with van der Waals surface area (Å²) in [6.45, 7) is 5.21. The van der Waals surface area contributed by atoms with E-state index in [1.54, 1.807) is 0 Å². The zero-order valence-corrected chi connectivity index (χ0v) is 9.29. The summed E-state index contributed by atoms with van der Waals surface area (Å²) in [5.74, 6) is 0.